The highest BCUT2D eigenvalue weighted by Gasteiger charge is 2.38. The summed E-state index contributed by atoms with van der Waals surface area (Å²) < 4.78 is 36.9. The molecule has 0 aromatic rings. The number of hydrogen-bond acceptors (Lipinski definition) is 4. The number of fused-ring (bicyclic) bond motifs is 1. The molecule has 0 bridgehead atoms. The number of rotatable bonds is 0. The first kappa shape index (κ1) is 14.7. The van der Waals surface area contributed by atoms with Crippen molar-refractivity contribution in [1.29, 1.82) is 0 Å². The van der Waals surface area contributed by atoms with Crippen molar-refractivity contribution in [2.75, 3.05) is 32.8 Å². The monoisotopic (exact) mass is 270 g/mol. The van der Waals surface area contributed by atoms with E-state index in [0.717, 1.165) is 19.6 Å². The number of carbonyl (C=O) groups is 2. The first-order chi connectivity index (χ1) is 8.32. The molecular weight excluding hydrogens is 257 g/mol. The van der Waals surface area contributed by atoms with Gasteiger partial charge in [-0.05, 0) is 0 Å². The van der Waals surface area contributed by atoms with E-state index in [1.54, 1.807) is 0 Å². The van der Waals surface area contributed by atoms with Crippen molar-refractivity contribution in [2.45, 2.75) is 12.2 Å². The van der Waals surface area contributed by atoms with E-state index >= 15 is 0 Å². The second-order valence-electron chi connectivity index (χ2n) is 3.76. The SMILES string of the molecule is O=C(O)C(F)(F)F.O=C1COCC2CNCCN12. The molecule has 2 N–H and O–H groups in total. The number of carboxylic acids is 1. The van der Waals surface area contributed by atoms with E-state index in [1.165, 1.54) is 0 Å². The molecule has 0 radical (unpaired) electrons. The van der Waals surface area contributed by atoms with E-state index in [0.29, 0.717) is 6.61 Å². The van der Waals surface area contributed by atoms with E-state index in [9.17, 15) is 18.0 Å². The normalized spacial score (nSPS) is 23.8. The Labute approximate surface area is 101 Å². The van der Waals surface area contributed by atoms with Crippen molar-refractivity contribution in [2.24, 2.45) is 0 Å². The molecule has 104 valence electrons. The largest absolute Gasteiger partial charge is 0.490 e. The van der Waals surface area contributed by atoms with Crippen molar-refractivity contribution in [3.05, 3.63) is 0 Å². The molecule has 1 amide bonds. The van der Waals surface area contributed by atoms with Crippen LogP contribution in [0.2, 0.25) is 0 Å². The number of ether oxygens (including phenoxy) is 1. The van der Waals surface area contributed by atoms with Gasteiger partial charge in [0.1, 0.15) is 6.61 Å². The maximum atomic E-state index is 11.2. The molecule has 0 aromatic heterocycles. The standard InChI is InChI=1S/C7H12N2O2.C2HF3O2/c10-7-5-11-4-6-3-8-1-2-9(6)7;3-2(4,5)1(6)7/h6,8H,1-5H2;(H,6,7). The number of morpholine rings is 1. The average Bonchev–Trinajstić information content (AvgIpc) is 2.29. The summed E-state index contributed by atoms with van der Waals surface area (Å²) in [6.45, 7) is 3.61. The van der Waals surface area contributed by atoms with Crippen molar-refractivity contribution < 1.29 is 32.6 Å². The van der Waals surface area contributed by atoms with Crippen LogP contribution < -0.4 is 5.32 Å². The Kier molecular flexibility index (Phi) is 4.91. The Morgan fingerprint density at radius 3 is 2.61 bits per heavy atom. The molecule has 9 heteroatoms. The van der Waals surface area contributed by atoms with Crippen molar-refractivity contribution in [1.82, 2.24) is 10.2 Å². The predicted molar refractivity (Wildman–Crippen MR) is 52.9 cm³/mol. The minimum absolute atomic E-state index is 0.141. The van der Waals surface area contributed by atoms with E-state index in [4.69, 9.17) is 14.6 Å². The molecule has 2 aliphatic heterocycles. The molecule has 0 aromatic carbocycles. The summed E-state index contributed by atoms with van der Waals surface area (Å²) in [5.74, 6) is -2.62. The summed E-state index contributed by atoms with van der Waals surface area (Å²) in [6.07, 6.45) is -5.08. The van der Waals surface area contributed by atoms with E-state index in [1.807, 2.05) is 4.90 Å². The number of carbonyl (C=O) groups excluding carboxylic acids is 1. The van der Waals surface area contributed by atoms with Gasteiger partial charge < -0.3 is 20.1 Å². The number of alkyl halides is 3. The quantitative estimate of drug-likeness (QED) is 0.617. The van der Waals surface area contributed by atoms with Crippen molar-refractivity contribution in [3.63, 3.8) is 0 Å². The Balaban J connectivity index is 0.000000203. The highest BCUT2D eigenvalue weighted by molar-refractivity contribution is 5.78. The van der Waals surface area contributed by atoms with Crippen LogP contribution in [0.4, 0.5) is 13.2 Å². The second-order valence-corrected chi connectivity index (χ2v) is 3.76. The molecule has 2 aliphatic rings. The van der Waals surface area contributed by atoms with Crippen LogP contribution in [-0.4, -0.2) is 66.9 Å². The zero-order valence-corrected chi connectivity index (χ0v) is 9.37. The van der Waals surface area contributed by atoms with Gasteiger partial charge in [-0.25, -0.2) is 4.79 Å². The zero-order chi connectivity index (χ0) is 13.8. The summed E-state index contributed by atoms with van der Waals surface area (Å²) in [4.78, 5) is 22.0. The number of amides is 1. The van der Waals surface area contributed by atoms with E-state index < -0.39 is 12.1 Å². The highest BCUT2D eigenvalue weighted by Crippen LogP contribution is 2.13. The molecule has 2 fully saturated rings. The maximum Gasteiger partial charge on any atom is 0.490 e. The van der Waals surface area contributed by atoms with Gasteiger partial charge in [0.15, 0.2) is 0 Å². The third-order valence-corrected chi connectivity index (χ3v) is 2.45. The summed E-state index contributed by atoms with van der Waals surface area (Å²) in [5.41, 5.74) is 0. The van der Waals surface area contributed by atoms with E-state index in [2.05, 4.69) is 5.32 Å². The van der Waals surface area contributed by atoms with Crippen LogP contribution >= 0.6 is 0 Å². The Bertz CT molecular complexity index is 319. The first-order valence-corrected chi connectivity index (χ1v) is 5.20. The van der Waals surface area contributed by atoms with Crippen LogP contribution in [-0.2, 0) is 14.3 Å². The van der Waals surface area contributed by atoms with Crippen molar-refractivity contribution in [3.8, 4) is 0 Å². The molecule has 1 atom stereocenters. The summed E-state index contributed by atoms with van der Waals surface area (Å²) in [6, 6.07) is 0.282. The lowest BCUT2D eigenvalue weighted by molar-refractivity contribution is -0.192. The third kappa shape index (κ3) is 4.15. The fraction of sp³-hybridized carbons (Fsp3) is 0.778. The number of aliphatic carboxylic acids is 1. The minimum atomic E-state index is -5.08. The van der Waals surface area contributed by atoms with Crippen LogP contribution in [0.15, 0.2) is 0 Å². The first-order valence-electron chi connectivity index (χ1n) is 5.20. The lowest BCUT2D eigenvalue weighted by Crippen LogP contribution is -2.59. The molecule has 2 saturated heterocycles. The number of carboxylic acid groups (broad SMARTS) is 1. The summed E-state index contributed by atoms with van der Waals surface area (Å²) >= 11 is 0. The van der Waals surface area contributed by atoms with Crippen LogP contribution in [0.3, 0.4) is 0 Å². The second kappa shape index (κ2) is 6.01. The van der Waals surface area contributed by atoms with Gasteiger partial charge in [0.05, 0.1) is 12.6 Å². The molecular formula is C9H13F3N2O4. The summed E-state index contributed by atoms with van der Waals surface area (Å²) in [7, 11) is 0. The Morgan fingerprint density at radius 2 is 2.11 bits per heavy atom. The van der Waals surface area contributed by atoms with Gasteiger partial charge in [0, 0.05) is 19.6 Å². The van der Waals surface area contributed by atoms with Gasteiger partial charge in [-0.15, -0.1) is 0 Å². The molecule has 0 spiro atoms. The average molecular weight is 270 g/mol. The lowest BCUT2D eigenvalue weighted by atomic mass is 10.2. The molecule has 0 saturated carbocycles. The fourth-order valence-electron chi connectivity index (χ4n) is 1.60. The Morgan fingerprint density at radius 1 is 1.50 bits per heavy atom. The number of nitrogens with zero attached hydrogens (tertiary/aromatic N) is 1. The van der Waals surface area contributed by atoms with Crippen LogP contribution in [0.5, 0.6) is 0 Å². The Hall–Kier alpha value is -1.35. The maximum absolute atomic E-state index is 11.2. The van der Waals surface area contributed by atoms with Crippen LogP contribution in [0.25, 0.3) is 0 Å². The molecule has 0 aliphatic carbocycles. The number of halogens is 3. The zero-order valence-electron chi connectivity index (χ0n) is 9.37. The highest BCUT2D eigenvalue weighted by atomic mass is 19.4. The predicted octanol–water partition coefficient (Wildman–Crippen LogP) is -0.550. The summed E-state index contributed by atoms with van der Waals surface area (Å²) in [5, 5.41) is 10.4. The van der Waals surface area contributed by atoms with Crippen molar-refractivity contribution >= 4 is 11.9 Å². The fourth-order valence-corrected chi connectivity index (χ4v) is 1.60. The molecule has 2 heterocycles. The number of nitrogens with one attached hydrogen (secondary N) is 1. The molecule has 1 unspecified atom stereocenters. The minimum Gasteiger partial charge on any atom is -0.475 e. The third-order valence-electron chi connectivity index (χ3n) is 2.45. The molecule has 6 nitrogen and oxygen atoms in total. The van der Waals surface area contributed by atoms with E-state index in [-0.39, 0.29) is 18.6 Å². The van der Waals surface area contributed by atoms with Gasteiger partial charge >= 0.3 is 12.1 Å². The van der Waals surface area contributed by atoms with Crippen LogP contribution in [0.1, 0.15) is 0 Å². The molecule has 18 heavy (non-hydrogen) atoms. The topological polar surface area (TPSA) is 78.9 Å². The van der Waals surface area contributed by atoms with Gasteiger partial charge in [-0.1, -0.05) is 0 Å². The van der Waals surface area contributed by atoms with Gasteiger partial charge in [-0.3, -0.25) is 4.79 Å². The van der Waals surface area contributed by atoms with Gasteiger partial charge in [0.2, 0.25) is 5.91 Å². The smallest absolute Gasteiger partial charge is 0.475 e. The lowest BCUT2D eigenvalue weighted by Gasteiger charge is -2.39. The number of hydrogen-bond donors (Lipinski definition) is 2. The van der Waals surface area contributed by atoms with Gasteiger partial charge in [0.25, 0.3) is 0 Å². The van der Waals surface area contributed by atoms with Crippen LogP contribution in [0, 0.1) is 0 Å². The van der Waals surface area contributed by atoms with Gasteiger partial charge in [-0.2, -0.15) is 13.2 Å². The molecule has 2 rings (SSSR count). The number of piperazine rings is 1.